The minimum absolute atomic E-state index is 0.00579. The molecule has 0 saturated carbocycles. The summed E-state index contributed by atoms with van der Waals surface area (Å²) in [5.74, 6) is -1.22. The highest BCUT2D eigenvalue weighted by Gasteiger charge is 2.19. The molecule has 0 bridgehead atoms. The molecule has 0 radical (unpaired) electrons. The fourth-order valence-electron chi connectivity index (χ4n) is 1.28. The topological polar surface area (TPSA) is 74.0 Å². The lowest BCUT2D eigenvalue weighted by Gasteiger charge is -2.09. The van der Waals surface area contributed by atoms with Crippen molar-refractivity contribution in [1.82, 2.24) is 4.98 Å². The van der Waals surface area contributed by atoms with Crippen LogP contribution in [0.15, 0.2) is 6.07 Å². The maximum absolute atomic E-state index is 12.7. The van der Waals surface area contributed by atoms with E-state index in [1.165, 1.54) is 6.07 Å². The molecule has 4 nitrogen and oxygen atoms in total. The third kappa shape index (κ3) is 3.20. The summed E-state index contributed by atoms with van der Waals surface area (Å²) in [6.07, 6.45) is -3.35. The molecule has 17 heavy (non-hydrogen) atoms. The molecule has 90 valence electrons. The van der Waals surface area contributed by atoms with E-state index in [0.717, 1.165) is 0 Å². The van der Waals surface area contributed by atoms with E-state index in [1.54, 1.807) is 6.07 Å². The molecule has 7 heteroatoms. The number of pyridine rings is 1. The Balaban J connectivity index is 3.34. The van der Waals surface area contributed by atoms with Gasteiger partial charge in [0.15, 0.2) is 0 Å². The highest BCUT2D eigenvalue weighted by molar-refractivity contribution is 9.08. The fraction of sp³-hybridized carbons (Fsp3) is 0.300. The number of carboxylic acid groups (broad SMARTS) is 1. The number of nitrogens with zero attached hydrogens (tertiary/aromatic N) is 2. The zero-order valence-corrected chi connectivity index (χ0v) is 10.0. The van der Waals surface area contributed by atoms with E-state index in [1.807, 2.05) is 0 Å². The van der Waals surface area contributed by atoms with Gasteiger partial charge < -0.3 is 5.11 Å². The third-order valence-electron chi connectivity index (χ3n) is 2.00. The fourth-order valence-corrected chi connectivity index (χ4v) is 1.73. The summed E-state index contributed by atoms with van der Waals surface area (Å²) in [4.78, 5) is 14.1. The van der Waals surface area contributed by atoms with Crippen molar-refractivity contribution in [3.8, 4) is 6.07 Å². The van der Waals surface area contributed by atoms with Crippen LogP contribution in [0.3, 0.4) is 0 Å². The van der Waals surface area contributed by atoms with Gasteiger partial charge in [0.05, 0.1) is 17.7 Å². The normalized spacial score (nSPS) is 10.3. The lowest BCUT2D eigenvalue weighted by molar-refractivity contribution is -0.136. The third-order valence-corrected chi connectivity index (χ3v) is 2.61. The number of carbonyl (C=O) groups is 1. The van der Waals surface area contributed by atoms with E-state index in [0.29, 0.717) is 0 Å². The number of alkyl halides is 3. The minimum Gasteiger partial charge on any atom is -0.481 e. The lowest BCUT2D eigenvalue weighted by Crippen LogP contribution is -2.09. The van der Waals surface area contributed by atoms with Crippen LogP contribution in [0.1, 0.15) is 28.9 Å². The van der Waals surface area contributed by atoms with E-state index in [4.69, 9.17) is 10.4 Å². The molecule has 0 unspecified atom stereocenters. The summed E-state index contributed by atoms with van der Waals surface area (Å²) in [5, 5.41) is 17.5. The lowest BCUT2D eigenvalue weighted by atomic mass is 10.1. The zero-order valence-electron chi connectivity index (χ0n) is 8.45. The second kappa shape index (κ2) is 5.68. The van der Waals surface area contributed by atoms with Gasteiger partial charge in [0.2, 0.25) is 0 Å². The first kappa shape index (κ1) is 13.5. The van der Waals surface area contributed by atoms with Gasteiger partial charge in [0.25, 0.3) is 6.43 Å². The number of rotatable bonds is 4. The highest BCUT2D eigenvalue weighted by atomic mass is 79.9. The second-order valence-electron chi connectivity index (χ2n) is 3.14. The van der Waals surface area contributed by atoms with Crippen molar-refractivity contribution in [3.05, 3.63) is 28.6 Å². The van der Waals surface area contributed by atoms with Crippen LogP contribution in [0.4, 0.5) is 8.78 Å². The van der Waals surface area contributed by atoms with Crippen LogP contribution in [0, 0.1) is 11.3 Å². The molecule has 0 atom stereocenters. The van der Waals surface area contributed by atoms with Gasteiger partial charge in [0.1, 0.15) is 11.8 Å². The molecule has 0 saturated heterocycles. The molecule has 0 aliphatic heterocycles. The van der Waals surface area contributed by atoms with E-state index >= 15 is 0 Å². The molecule has 1 aromatic rings. The number of nitriles is 1. The molecular formula is C10H7BrF2N2O2. The van der Waals surface area contributed by atoms with Gasteiger partial charge in [0, 0.05) is 5.33 Å². The largest absolute Gasteiger partial charge is 0.481 e. The average molecular weight is 305 g/mol. The van der Waals surface area contributed by atoms with Crippen molar-refractivity contribution in [2.45, 2.75) is 18.2 Å². The van der Waals surface area contributed by atoms with Crippen LogP contribution >= 0.6 is 15.9 Å². The quantitative estimate of drug-likeness (QED) is 0.867. The van der Waals surface area contributed by atoms with E-state index < -0.39 is 24.5 Å². The van der Waals surface area contributed by atoms with Crippen LogP contribution in [-0.4, -0.2) is 16.1 Å². The number of hydrogen-bond donors (Lipinski definition) is 1. The summed E-state index contributed by atoms with van der Waals surface area (Å²) in [6.45, 7) is 0. The smallest absolute Gasteiger partial charge is 0.309 e. The van der Waals surface area contributed by atoms with Gasteiger partial charge in [-0.25, -0.2) is 13.8 Å². The van der Waals surface area contributed by atoms with Gasteiger partial charge in [-0.2, -0.15) is 5.26 Å². The number of hydrogen-bond acceptors (Lipinski definition) is 3. The van der Waals surface area contributed by atoms with Gasteiger partial charge in [-0.1, -0.05) is 15.9 Å². The predicted octanol–water partition coefficient (Wildman–Crippen LogP) is 2.41. The molecule has 1 N–H and O–H groups in total. The van der Waals surface area contributed by atoms with E-state index in [-0.39, 0.29) is 22.2 Å². The Morgan fingerprint density at radius 2 is 2.29 bits per heavy atom. The summed E-state index contributed by atoms with van der Waals surface area (Å²) in [5.41, 5.74) is -0.436. The Bertz CT molecular complexity index is 486. The molecule has 1 rings (SSSR count). The summed E-state index contributed by atoms with van der Waals surface area (Å²) < 4.78 is 25.3. The zero-order chi connectivity index (χ0) is 13.0. The Labute approximate surface area is 104 Å². The van der Waals surface area contributed by atoms with Crippen molar-refractivity contribution in [2.75, 3.05) is 0 Å². The molecule has 0 aliphatic carbocycles. The highest BCUT2D eigenvalue weighted by Crippen LogP contribution is 2.25. The van der Waals surface area contributed by atoms with Gasteiger partial charge >= 0.3 is 5.97 Å². The maximum Gasteiger partial charge on any atom is 0.309 e. The van der Waals surface area contributed by atoms with Crippen LogP contribution in [0.2, 0.25) is 0 Å². The molecule has 0 amide bonds. The van der Waals surface area contributed by atoms with Crippen molar-refractivity contribution in [1.29, 1.82) is 5.26 Å². The van der Waals surface area contributed by atoms with Gasteiger partial charge in [-0.3, -0.25) is 4.79 Å². The van der Waals surface area contributed by atoms with Crippen molar-refractivity contribution >= 4 is 21.9 Å². The average Bonchev–Trinajstić information content (AvgIpc) is 2.27. The van der Waals surface area contributed by atoms with Crippen LogP contribution in [0.25, 0.3) is 0 Å². The first-order valence-corrected chi connectivity index (χ1v) is 5.60. The standard InChI is InChI=1S/C10H7BrF2N2O2/c11-3-5-1-6(4-14)7(2-8(16)17)15-9(5)10(12)13/h1,10H,2-3H2,(H,16,17). The Morgan fingerprint density at radius 1 is 1.65 bits per heavy atom. The minimum atomic E-state index is -2.80. The van der Waals surface area contributed by atoms with Crippen LogP contribution in [0.5, 0.6) is 0 Å². The van der Waals surface area contributed by atoms with Gasteiger partial charge in [-0.05, 0) is 11.6 Å². The number of halogens is 3. The molecule has 1 aromatic heterocycles. The van der Waals surface area contributed by atoms with Gasteiger partial charge in [-0.15, -0.1) is 0 Å². The van der Waals surface area contributed by atoms with Crippen molar-refractivity contribution in [2.24, 2.45) is 0 Å². The predicted molar refractivity (Wildman–Crippen MR) is 57.9 cm³/mol. The van der Waals surface area contributed by atoms with Crippen LogP contribution in [-0.2, 0) is 16.5 Å². The Hall–Kier alpha value is -1.55. The van der Waals surface area contributed by atoms with Crippen LogP contribution < -0.4 is 0 Å². The second-order valence-corrected chi connectivity index (χ2v) is 3.70. The Kier molecular flexibility index (Phi) is 4.52. The molecule has 1 heterocycles. The number of aromatic nitrogens is 1. The summed E-state index contributed by atoms with van der Waals surface area (Å²) in [6, 6.07) is 2.99. The number of carboxylic acids is 1. The monoisotopic (exact) mass is 304 g/mol. The summed E-state index contributed by atoms with van der Waals surface area (Å²) in [7, 11) is 0. The molecule has 0 spiro atoms. The first-order chi connectivity index (χ1) is 7.99. The van der Waals surface area contributed by atoms with E-state index in [2.05, 4.69) is 20.9 Å². The SMILES string of the molecule is N#Cc1cc(CBr)c(C(F)F)nc1CC(=O)O. The summed E-state index contributed by atoms with van der Waals surface area (Å²) >= 11 is 3.02. The molecule has 0 fully saturated rings. The van der Waals surface area contributed by atoms with Crippen molar-refractivity contribution in [3.63, 3.8) is 0 Å². The molecule has 0 aliphatic rings. The first-order valence-electron chi connectivity index (χ1n) is 4.48. The maximum atomic E-state index is 12.7. The number of aliphatic carboxylic acids is 1. The Morgan fingerprint density at radius 3 is 2.71 bits per heavy atom. The van der Waals surface area contributed by atoms with Crippen molar-refractivity contribution < 1.29 is 18.7 Å². The molecular weight excluding hydrogens is 298 g/mol. The van der Waals surface area contributed by atoms with E-state index in [9.17, 15) is 13.6 Å². The molecule has 0 aromatic carbocycles.